The fraction of sp³-hybridized carbons (Fsp3) is 1.00. The van der Waals surface area contributed by atoms with E-state index in [4.69, 9.17) is 0 Å². The SMILES string of the molecule is OC[C@]12CCCCN1CCC2. The van der Waals surface area contributed by atoms with Crippen LogP contribution >= 0.6 is 0 Å². The monoisotopic (exact) mass is 155 g/mol. The van der Waals surface area contributed by atoms with Gasteiger partial charge in [-0.2, -0.15) is 0 Å². The van der Waals surface area contributed by atoms with Crippen molar-refractivity contribution < 1.29 is 5.11 Å². The van der Waals surface area contributed by atoms with Crippen molar-refractivity contribution in [3.8, 4) is 0 Å². The molecular formula is C9H17NO. The molecular weight excluding hydrogens is 138 g/mol. The molecule has 2 rings (SSSR count). The van der Waals surface area contributed by atoms with Crippen LogP contribution in [0.1, 0.15) is 32.1 Å². The van der Waals surface area contributed by atoms with E-state index in [2.05, 4.69) is 4.90 Å². The number of nitrogens with zero attached hydrogens (tertiary/aromatic N) is 1. The zero-order chi connectivity index (χ0) is 7.73. The van der Waals surface area contributed by atoms with Crippen molar-refractivity contribution in [1.29, 1.82) is 0 Å². The maximum Gasteiger partial charge on any atom is 0.0615 e. The smallest absolute Gasteiger partial charge is 0.0615 e. The number of aliphatic hydroxyl groups is 1. The lowest BCUT2D eigenvalue weighted by Gasteiger charge is -2.41. The van der Waals surface area contributed by atoms with Gasteiger partial charge in [-0.1, -0.05) is 6.42 Å². The summed E-state index contributed by atoms with van der Waals surface area (Å²) < 4.78 is 0. The Morgan fingerprint density at radius 1 is 1.09 bits per heavy atom. The Bertz CT molecular complexity index is 148. The Labute approximate surface area is 68.2 Å². The van der Waals surface area contributed by atoms with Gasteiger partial charge >= 0.3 is 0 Å². The van der Waals surface area contributed by atoms with Crippen molar-refractivity contribution in [3.63, 3.8) is 0 Å². The van der Waals surface area contributed by atoms with Crippen molar-refractivity contribution in [2.45, 2.75) is 37.6 Å². The van der Waals surface area contributed by atoms with E-state index < -0.39 is 0 Å². The molecule has 1 N–H and O–H groups in total. The molecule has 0 spiro atoms. The summed E-state index contributed by atoms with van der Waals surface area (Å²) in [4.78, 5) is 2.50. The molecule has 0 aliphatic carbocycles. The first kappa shape index (κ1) is 7.56. The van der Waals surface area contributed by atoms with E-state index in [1.54, 1.807) is 0 Å². The molecule has 2 heteroatoms. The molecule has 0 aromatic carbocycles. The highest BCUT2D eigenvalue weighted by molar-refractivity contribution is 4.97. The van der Waals surface area contributed by atoms with Crippen LogP contribution in [0, 0.1) is 0 Å². The number of hydrogen-bond acceptors (Lipinski definition) is 2. The Morgan fingerprint density at radius 3 is 2.55 bits per heavy atom. The summed E-state index contributed by atoms with van der Waals surface area (Å²) >= 11 is 0. The molecule has 2 heterocycles. The third kappa shape index (κ3) is 1.09. The molecule has 0 saturated carbocycles. The topological polar surface area (TPSA) is 23.5 Å². The summed E-state index contributed by atoms with van der Waals surface area (Å²) in [5, 5.41) is 9.31. The first-order chi connectivity index (χ1) is 5.37. The van der Waals surface area contributed by atoms with E-state index >= 15 is 0 Å². The van der Waals surface area contributed by atoms with Gasteiger partial charge in [-0.05, 0) is 38.8 Å². The molecule has 2 saturated heterocycles. The van der Waals surface area contributed by atoms with Gasteiger partial charge in [-0.25, -0.2) is 0 Å². The van der Waals surface area contributed by atoms with Crippen molar-refractivity contribution in [1.82, 2.24) is 4.90 Å². The van der Waals surface area contributed by atoms with Gasteiger partial charge in [-0.15, -0.1) is 0 Å². The zero-order valence-electron chi connectivity index (χ0n) is 7.05. The first-order valence-electron chi connectivity index (χ1n) is 4.73. The highest BCUT2D eigenvalue weighted by Gasteiger charge is 2.41. The lowest BCUT2D eigenvalue weighted by atomic mass is 9.87. The first-order valence-corrected chi connectivity index (χ1v) is 4.73. The summed E-state index contributed by atoms with van der Waals surface area (Å²) in [5.41, 5.74) is 0.220. The van der Waals surface area contributed by atoms with E-state index in [0.29, 0.717) is 6.61 Å². The lowest BCUT2D eigenvalue weighted by Crippen LogP contribution is -2.49. The lowest BCUT2D eigenvalue weighted by molar-refractivity contribution is 0.0325. The molecule has 0 aromatic rings. The van der Waals surface area contributed by atoms with Crippen LogP contribution in [-0.4, -0.2) is 35.2 Å². The van der Waals surface area contributed by atoms with Gasteiger partial charge in [0.1, 0.15) is 0 Å². The largest absolute Gasteiger partial charge is 0.394 e. The molecule has 11 heavy (non-hydrogen) atoms. The molecule has 2 aliphatic heterocycles. The minimum atomic E-state index is 0.220. The predicted molar refractivity (Wildman–Crippen MR) is 44.5 cm³/mol. The van der Waals surface area contributed by atoms with E-state index in [0.717, 1.165) is 0 Å². The number of hydrogen-bond donors (Lipinski definition) is 1. The number of aliphatic hydroxyl groups excluding tert-OH is 1. The van der Waals surface area contributed by atoms with Gasteiger partial charge in [0.25, 0.3) is 0 Å². The second-order valence-electron chi connectivity index (χ2n) is 3.93. The van der Waals surface area contributed by atoms with Gasteiger partial charge in [0, 0.05) is 5.54 Å². The molecule has 0 aromatic heterocycles. The summed E-state index contributed by atoms with van der Waals surface area (Å²) in [6.45, 7) is 2.83. The highest BCUT2D eigenvalue weighted by atomic mass is 16.3. The molecule has 2 aliphatic rings. The predicted octanol–water partition coefficient (Wildman–Crippen LogP) is 0.997. The van der Waals surface area contributed by atoms with Crippen LogP contribution < -0.4 is 0 Å². The summed E-state index contributed by atoms with van der Waals surface area (Å²) in [6.07, 6.45) is 6.40. The van der Waals surface area contributed by atoms with Gasteiger partial charge in [-0.3, -0.25) is 4.90 Å². The van der Waals surface area contributed by atoms with Crippen molar-refractivity contribution >= 4 is 0 Å². The van der Waals surface area contributed by atoms with Gasteiger partial charge < -0.3 is 5.11 Å². The quantitative estimate of drug-likeness (QED) is 0.610. The van der Waals surface area contributed by atoms with Crippen molar-refractivity contribution in [2.75, 3.05) is 19.7 Å². The third-order valence-electron chi connectivity index (χ3n) is 3.36. The normalized spacial score (nSPS) is 39.0. The molecule has 2 fully saturated rings. The summed E-state index contributed by atoms with van der Waals surface area (Å²) in [7, 11) is 0. The molecule has 2 nitrogen and oxygen atoms in total. The van der Waals surface area contributed by atoms with E-state index in [-0.39, 0.29) is 5.54 Å². The van der Waals surface area contributed by atoms with E-state index in [1.165, 1.54) is 45.2 Å². The fourth-order valence-electron chi connectivity index (χ4n) is 2.64. The molecule has 0 bridgehead atoms. The van der Waals surface area contributed by atoms with Crippen LogP contribution in [0.2, 0.25) is 0 Å². The summed E-state index contributed by atoms with van der Waals surface area (Å²) in [6, 6.07) is 0. The van der Waals surface area contributed by atoms with Crippen LogP contribution in [0.25, 0.3) is 0 Å². The number of fused-ring (bicyclic) bond motifs is 1. The number of piperidine rings is 1. The Hall–Kier alpha value is -0.0800. The van der Waals surface area contributed by atoms with Crippen molar-refractivity contribution in [2.24, 2.45) is 0 Å². The molecule has 0 amide bonds. The second-order valence-corrected chi connectivity index (χ2v) is 3.93. The number of rotatable bonds is 1. The van der Waals surface area contributed by atoms with Crippen LogP contribution in [-0.2, 0) is 0 Å². The minimum absolute atomic E-state index is 0.220. The van der Waals surface area contributed by atoms with Crippen LogP contribution in [0.5, 0.6) is 0 Å². The molecule has 1 atom stereocenters. The average Bonchev–Trinajstić information content (AvgIpc) is 2.48. The van der Waals surface area contributed by atoms with Crippen LogP contribution in [0.3, 0.4) is 0 Å². The minimum Gasteiger partial charge on any atom is -0.394 e. The molecule has 0 unspecified atom stereocenters. The van der Waals surface area contributed by atoms with Crippen LogP contribution in [0.15, 0.2) is 0 Å². The molecule has 0 radical (unpaired) electrons. The Balaban J connectivity index is 2.12. The summed E-state index contributed by atoms with van der Waals surface area (Å²) in [5.74, 6) is 0. The zero-order valence-corrected chi connectivity index (χ0v) is 7.05. The van der Waals surface area contributed by atoms with Gasteiger partial charge in [0.05, 0.1) is 6.61 Å². The fourth-order valence-corrected chi connectivity index (χ4v) is 2.64. The van der Waals surface area contributed by atoms with E-state index in [9.17, 15) is 5.11 Å². The molecule has 64 valence electrons. The van der Waals surface area contributed by atoms with Crippen LogP contribution in [0.4, 0.5) is 0 Å². The van der Waals surface area contributed by atoms with Gasteiger partial charge in [0.15, 0.2) is 0 Å². The third-order valence-corrected chi connectivity index (χ3v) is 3.36. The standard InChI is InChI=1S/C9H17NO/c11-8-9-4-1-2-6-10(9)7-3-5-9/h11H,1-8H2/t9-/m1/s1. The highest BCUT2D eigenvalue weighted by Crippen LogP contribution is 2.36. The Kier molecular flexibility index (Phi) is 1.90. The van der Waals surface area contributed by atoms with Gasteiger partial charge in [0.2, 0.25) is 0 Å². The second kappa shape index (κ2) is 2.76. The Morgan fingerprint density at radius 2 is 1.82 bits per heavy atom. The van der Waals surface area contributed by atoms with Crippen molar-refractivity contribution in [3.05, 3.63) is 0 Å². The maximum atomic E-state index is 9.31. The maximum absolute atomic E-state index is 9.31. The average molecular weight is 155 g/mol. The van der Waals surface area contributed by atoms with E-state index in [1.807, 2.05) is 0 Å².